The summed E-state index contributed by atoms with van der Waals surface area (Å²) in [6.07, 6.45) is 1.49. The third-order valence-electron chi connectivity index (χ3n) is 2.02. The van der Waals surface area contributed by atoms with E-state index in [9.17, 15) is 4.39 Å². The molecule has 0 spiro atoms. The number of nitrogens with zero attached hydrogens (tertiary/aromatic N) is 1. The molecule has 0 bridgehead atoms. The Morgan fingerprint density at radius 2 is 2.18 bits per heavy atom. The van der Waals surface area contributed by atoms with Crippen molar-refractivity contribution < 1.29 is 9.13 Å². The van der Waals surface area contributed by atoms with E-state index in [1.165, 1.54) is 18.3 Å². The van der Waals surface area contributed by atoms with Crippen LogP contribution in [0, 0.1) is 5.82 Å². The third kappa shape index (κ3) is 2.64. The zero-order valence-electron chi connectivity index (χ0n) is 8.65. The molecule has 0 aliphatic heterocycles. The molecule has 0 aliphatic rings. The van der Waals surface area contributed by atoms with E-state index in [-0.39, 0.29) is 10.8 Å². The maximum absolute atomic E-state index is 13.6. The normalized spacial score (nSPS) is 10.1. The van der Waals surface area contributed by atoms with Crippen LogP contribution >= 0.6 is 11.6 Å². The average molecular weight is 254 g/mol. The number of hydrogen-bond donors (Lipinski definition) is 2. The van der Waals surface area contributed by atoms with E-state index in [0.717, 1.165) is 0 Å². The number of halogens is 2. The van der Waals surface area contributed by atoms with Gasteiger partial charge in [-0.15, -0.1) is 0 Å². The minimum atomic E-state index is -0.603. The van der Waals surface area contributed by atoms with Gasteiger partial charge in [0.25, 0.3) is 0 Å². The van der Waals surface area contributed by atoms with E-state index in [4.69, 9.17) is 22.2 Å². The Bertz CT molecular complexity index is 536. The Labute approximate surface area is 102 Å². The van der Waals surface area contributed by atoms with E-state index in [2.05, 4.69) is 10.4 Å². The lowest BCUT2D eigenvalue weighted by Gasteiger charge is -2.08. The summed E-state index contributed by atoms with van der Waals surface area (Å²) in [5.74, 6) is 5.48. The Morgan fingerprint density at radius 3 is 2.94 bits per heavy atom. The number of benzene rings is 1. The third-order valence-corrected chi connectivity index (χ3v) is 2.32. The van der Waals surface area contributed by atoms with Gasteiger partial charge in [-0.1, -0.05) is 17.7 Å². The molecule has 88 valence electrons. The highest BCUT2D eigenvalue weighted by Gasteiger charge is 2.08. The zero-order valence-corrected chi connectivity index (χ0v) is 9.41. The average Bonchev–Trinajstić information content (AvgIpc) is 2.35. The van der Waals surface area contributed by atoms with Gasteiger partial charge in [0.2, 0.25) is 0 Å². The number of aromatic nitrogens is 1. The molecular formula is C11H9ClFN3O. The predicted octanol–water partition coefficient (Wildman–Crippen LogP) is 2.95. The molecule has 4 nitrogen and oxygen atoms in total. The van der Waals surface area contributed by atoms with Crippen molar-refractivity contribution in [2.24, 2.45) is 5.84 Å². The molecule has 0 unspecified atom stereocenters. The molecule has 0 atom stereocenters. The summed E-state index contributed by atoms with van der Waals surface area (Å²) in [7, 11) is 0. The molecule has 0 fully saturated rings. The summed E-state index contributed by atoms with van der Waals surface area (Å²) in [5.41, 5.74) is 2.37. The number of rotatable bonds is 3. The molecule has 0 aliphatic carbocycles. The van der Waals surface area contributed by atoms with E-state index in [1.54, 1.807) is 18.2 Å². The second-order valence-corrected chi connectivity index (χ2v) is 3.58. The van der Waals surface area contributed by atoms with Crippen molar-refractivity contribution >= 4 is 17.4 Å². The number of ether oxygens (including phenoxy) is 1. The predicted molar refractivity (Wildman–Crippen MR) is 63.5 cm³/mol. The maximum atomic E-state index is 13.6. The summed E-state index contributed by atoms with van der Waals surface area (Å²) < 4.78 is 18.9. The lowest BCUT2D eigenvalue weighted by Crippen LogP contribution is -2.08. The zero-order chi connectivity index (χ0) is 12.3. The van der Waals surface area contributed by atoms with Gasteiger partial charge in [-0.05, 0) is 18.2 Å². The number of nitrogen functional groups attached to an aromatic ring is 1. The van der Waals surface area contributed by atoms with Crippen LogP contribution in [0.2, 0.25) is 5.02 Å². The molecule has 0 radical (unpaired) electrons. The lowest BCUT2D eigenvalue weighted by molar-refractivity contribution is 0.442. The number of nitrogens with two attached hydrogens (primary N) is 1. The van der Waals surface area contributed by atoms with Crippen LogP contribution < -0.4 is 16.0 Å². The first-order chi connectivity index (χ1) is 8.20. The minimum Gasteiger partial charge on any atom is -0.454 e. The van der Waals surface area contributed by atoms with Crippen LogP contribution in [0.1, 0.15) is 0 Å². The quantitative estimate of drug-likeness (QED) is 0.652. The summed E-state index contributed by atoms with van der Waals surface area (Å²) >= 11 is 5.64. The second-order valence-electron chi connectivity index (χ2n) is 3.18. The smallest absolute Gasteiger partial charge is 0.184 e. The van der Waals surface area contributed by atoms with Gasteiger partial charge in [0.15, 0.2) is 11.6 Å². The van der Waals surface area contributed by atoms with Crippen LogP contribution in [0.5, 0.6) is 11.5 Å². The van der Waals surface area contributed by atoms with Crippen LogP contribution in [-0.4, -0.2) is 4.98 Å². The van der Waals surface area contributed by atoms with Crippen molar-refractivity contribution in [2.45, 2.75) is 0 Å². The fourth-order valence-electron chi connectivity index (χ4n) is 1.24. The molecule has 2 aromatic rings. The van der Waals surface area contributed by atoms with Crippen molar-refractivity contribution in [3.63, 3.8) is 0 Å². The summed E-state index contributed by atoms with van der Waals surface area (Å²) in [6, 6.07) is 7.66. The summed E-state index contributed by atoms with van der Waals surface area (Å²) in [4.78, 5) is 3.90. The first-order valence-corrected chi connectivity index (χ1v) is 5.13. The van der Waals surface area contributed by atoms with Crippen LogP contribution in [0.25, 0.3) is 0 Å². The van der Waals surface area contributed by atoms with Crippen LogP contribution in [0.3, 0.4) is 0 Å². The number of hydrazine groups is 1. The Morgan fingerprint density at radius 1 is 1.35 bits per heavy atom. The highest BCUT2D eigenvalue weighted by Crippen LogP contribution is 2.29. The molecular weight excluding hydrogens is 245 g/mol. The molecule has 0 saturated heterocycles. The summed E-state index contributed by atoms with van der Waals surface area (Å²) in [5, 5.41) is 0.00808. The molecule has 3 N–H and O–H groups in total. The van der Waals surface area contributed by atoms with E-state index in [0.29, 0.717) is 11.6 Å². The molecule has 2 rings (SSSR count). The van der Waals surface area contributed by atoms with Crippen LogP contribution in [0.15, 0.2) is 36.5 Å². The van der Waals surface area contributed by atoms with Crippen molar-refractivity contribution in [3.8, 4) is 11.5 Å². The molecule has 1 aromatic heterocycles. The van der Waals surface area contributed by atoms with Gasteiger partial charge in [0.05, 0.1) is 5.02 Å². The second kappa shape index (κ2) is 4.99. The highest BCUT2D eigenvalue weighted by atomic mass is 35.5. The SMILES string of the molecule is NNc1cc(Oc2cccc(Cl)c2F)ccn1. The van der Waals surface area contributed by atoms with Gasteiger partial charge >= 0.3 is 0 Å². The topological polar surface area (TPSA) is 60.2 Å². The minimum absolute atomic E-state index is 0.00808. The number of hydrogen-bond acceptors (Lipinski definition) is 4. The van der Waals surface area contributed by atoms with Crippen molar-refractivity contribution in [1.82, 2.24) is 4.98 Å². The fourth-order valence-corrected chi connectivity index (χ4v) is 1.41. The van der Waals surface area contributed by atoms with Gasteiger partial charge in [0, 0.05) is 12.3 Å². The fraction of sp³-hybridized carbons (Fsp3) is 0. The Kier molecular flexibility index (Phi) is 3.41. The van der Waals surface area contributed by atoms with Gasteiger partial charge in [-0.3, -0.25) is 0 Å². The maximum Gasteiger partial charge on any atom is 0.184 e. The molecule has 0 amide bonds. The Balaban J connectivity index is 2.28. The number of anilines is 1. The van der Waals surface area contributed by atoms with Crippen LogP contribution in [0.4, 0.5) is 10.2 Å². The van der Waals surface area contributed by atoms with Gasteiger partial charge in [0.1, 0.15) is 11.6 Å². The first kappa shape index (κ1) is 11.6. The van der Waals surface area contributed by atoms with E-state index >= 15 is 0 Å². The largest absolute Gasteiger partial charge is 0.454 e. The lowest BCUT2D eigenvalue weighted by atomic mass is 10.3. The molecule has 1 heterocycles. The van der Waals surface area contributed by atoms with Gasteiger partial charge in [-0.25, -0.2) is 15.2 Å². The standard InChI is InChI=1S/C11H9ClFN3O/c12-8-2-1-3-9(11(8)13)17-7-4-5-15-10(6-7)16-14/h1-6H,14H2,(H,15,16). The highest BCUT2D eigenvalue weighted by molar-refractivity contribution is 6.30. The van der Waals surface area contributed by atoms with E-state index in [1.807, 2.05) is 0 Å². The van der Waals surface area contributed by atoms with Crippen molar-refractivity contribution in [2.75, 3.05) is 5.43 Å². The van der Waals surface area contributed by atoms with Gasteiger partial charge in [-0.2, -0.15) is 0 Å². The van der Waals surface area contributed by atoms with Crippen LogP contribution in [-0.2, 0) is 0 Å². The number of nitrogens with one attached hydrogen (secondary N) is 1. The summed E-state index contributed by atoms with van der Waals surface area (Å²) in [6.45, 7) is 0. The molecule has 1 aromatic carbocycles. The molecule has 6 heteroatoms. The first-order valence-electron chi connectivity index (χ1n) is 4.75. The van der Waals surface area contributed by atoms with Gasteiger partial charge < -0.3 is 10.2 Å². The monoisotopic (exact) mass is 253 g/mol. The number of pyridine rings is 1. The molecule has 17 heavy (non-hydrogen) atoms. The Hall–Kier alpha value is -1.85. The van der Waals surface area contributed by atoms with Crippen molar-refractivity contribution in [3.05, 3.63) is 47.4 Å². The van der Waals surface area contributed by atoms with Crippen molar-refractivity contribution in [1.29, 1.82) is 0 Å². The molecule has 0 saturated carbocycles. The van der Waals surface area contributed by atoms with E-state index < -0.39 is 5.82 Å².